The third kappa shape index (κ3) is 3.76. The summed E-state index contributed by atoms with van der Waals surface area (Å²) in [5.41, 5.74) is 5.26. The van der Waals surface area contributed by atoms with Crippen LogP contribution in [0.3, 0.4) is 0 Å². The maximum atomic E-state index is 12.6. The number of benzene rings is 2. The molecule has 1 heterocycles. The second kappa shape index (κ2) is 7.38. The zero-order chi connectivity index (χ0) is 18.0. The van der Waals surface area contributed by atoms with E-state index in [9.17, 15) is 10.1 Å². The lowest BCUT2D eigenvalue weighted by Gasteiger charge is -2.20. The van der Waals surface area contributed by atoms with E-state index in [1.54, 1.807) is 12.1 Å². The number of nitrogens with zero attached hydrogens (tertiary/aromatic N) is 1. The summed E-state index contributed by atoms with van der Waals surface area (Å²) >= 11 is 3.61. The Hall–Kier alpha value is -2.16. The molecule has 25 heavy (non-hydrogen) atoms. The number of carbonyl (C=O) groups excluding carboxylic acids is 1. The van der Waals surface area contributed by atoms with Gasteiger partial charge in [-0.3, -0.25) is 4.79 Å². The van der Waals surface area contributed by atoms with E-state index in [1.165, 1.54) is 11.1 Å². The van der Waals surface area contributed by atoms with Crippen molar-refractivity contribution in [1.29, 1.82) is 5.26 Å². The van der Waals surface area contributed by atoms with E-state index < -0.39 is 0 Å². The van der Waals surface area contributed by atoms with E-state index in [4.69, 9.17) is 0 Å². The van der Waals surface area contributed by atoms with Gasteiger partial charge in [-0.25, -0.2) is 0 Å². The number of halogens is 1. The summed E-state index contributed by atoms with van der Waals surface area (Å²) in [6, 6.07) is 11.5. The molecule has 0 aliphatic carbocycles. The minimum Gasteiger partial charge on any atom is -0.322 e. The molecule has 0 saturated heterocycles. The second-order valence-corrected chi connectivity index (χ2v) is 7.40. The first-order valence-electron chi connectivity index (χ1n) is 8.37. The lowest BCUT2D eigenvalue weighted by atomic mass is 9.95. The van der Waals surface area contributed by atoms with Crippen molar-refractivity contribution in [3.05, 3.63) is 62.6 Å². The molecule has 0 spiro atoms. The average molecular weight is 398 g/mol. The Balaban J connectivity index is 1.86. The maximum absolute atomic E-state index is 12.6. The van der Waals surface area contributed by atoms with Gasteiger partial charge in [0, 0.05) is 22.3 Å². The Morgan fingerprint density at radius 2 is 2.12 bits per heavy atom. The smallest absolute Gasteiger partial charge is 0.255 e. The van der Waals surface area contributed by atoms with Crippen LogP contribution in [0.4, 0.5) is 5.69 Å². The van der Waals surface area contributed by atoms with Crippen molar-refractivity contribution in [3.8, 4) is 6.07 Å². The second-order valence-electron chi connectivity index (χ2n) is 6.55. The molecule has 4 nitrogen and oxygen atoms in total. The molecule has 0 atom stereocenters. The fourth-order valence-corrected chi connectivity index (χ4v) is 3.84. The molecule has 0 bridgehead atoms. The van der Waals surface area contributed by atoms with Crippen LogP contribution in [0.5, 0.6) is 0 Å². The zero-order valence-corrected chi connectivity index (χ0v) is 15.9. The van der Waals surface area contributed by atoms with Crippen LogP contribution < -0.4 is 10.6 Å². The fourth-order valence-electron chi connectivity index (χ4n) is 3.14. The van der Waals surface area contributed by atoms with Gasteiger partial charge < -0.3 is 10.6 Å². The molecule has 1 amide bonds. The lowest BCUT2D eigenvalue weighted by Crippen LogP contribution is -2.24. The van der Waals surface area contributed by atoms with Crippen molar-refractivity contribution < 1.29 is 4.79 Å². The zero-order valence-electron chi connectivity index (χ0n) is 14.3. The van der Waals surface area contributed by atoms with Crippen molar-refractivity contribution >= 4 is 27.5 Å². The van der Waals surface area contributed by atoms with Crippen molar-refractivity contribution in [1.82, 2.24) is 5.32 Å². The molecular weight excluding hydrogens is 378 g/mol. The SMILES string of the molecule is CC(C)c1ccc(C(=O)Nc2cc(Br)c3c(c2)CNCC3)cc1C#N. The molecule has 1 aliphatic heterocycles. The molecule has 128 valence electrons. The minimum absolute atomic E-state index is 0.206. The summed E-state index contributed by atoms with van der Waals surface area (Å²) in [5, 5.41) is 15.6. The first-order valence-corrected chi connectivity index (χ1v) is 9.16. The molecule has 0 radical (unpaired) electrons. The van der Waals surface area contributed by atoms with Crippen LogP contribution >= 0.6 is 15.9 Å². The molecule has 1 aliphatic rings. The van der Waals surface area contributed by atoms with Gasteiger partial charge in [-0.2, -0.15) is 5.26 Å². The van der Waals surface area contributed by atoms with E-state index in [2.05, 4.69) is 32.6 Å². The Bertz CT molecular complexity index is 868. The summed E-state index contributed by atoms with van der Waals surface area (Å²) in [6.45, 7) is 5.85. The minimum atomic E-state index is -0.206. The Kier molecular flexibility index (Phi) is 5.22. The number of anilines is 1. The molecule has 0 unspecified atom stereocenters. The van der Waals surface area contributed by atoms with Gasteiger partial charge in [0.25, 0.3) is 5.91 Å². The first-order chi connectivity index (χ1) is 12.0. The van der Waals surface area contributed by atoms with Gasteiger partial charge in [0.15, 0.2) is 0 Å². The van der Waals surface area contributed by atoms with Crippen LogP contribution in [0, 0.1) is 11.3 Å². The molecule has 0 fully saturated rings. The van der Waals surface area contributed by atoms with Crippen molar-refractivity contribution in [2.45, 2.75) is 32.7 Å². The molecule has 2 N–H and O–H groups in total. The van der Waals surface area contributed by atoms with Crippen LogP contribution in [-0.2, 0) is 13.0 Å². The van der Waals surface area contributed by atoms with Gasteiger partial charge in [-0.1, -0.05) is 35.8 Å². The van der Waals surface area contributed by atoms with Crippen LogP contribution in [0.2, 0.25) is 0 Å². The molecule has 5 heteroatoms. The normalized spacial score (nSPS) is 13.2. The summed E-state index contributed by atoms with van der Waals surface area (Å²) in [7, 11) is 0. The number of nitrogens with one attached hydrogen (secondary N) is 2. The Morgan fingerprint density at radius 1 is 1.32 bits per heavy atom. The molecular formula is C20H20BrN3O. The number of amides is 1. The van der Waals surface area contributed by atoms with Crippen molar-refractivity contribution in [3.63, 3.8) is 0 Å². The van der Waals surface area contributed by atoms with Gasteiger partial charge in [-0.05, 0) is 59.8 Å². The molecule has 2 aromatic carbocycles. The topological polar surface area (TPSA) is 64.9 Å². The summed E-state index contributed by atoms with van der Waals surface area (Å²) in [6.07, 6.45) is 0.979. The predicted octanol–water partition coefficient (Wildman–Crippen LogP) is 4.34. The van der Waals surface area contributed by atoms with Crippen LogP contribution in [0.25, 0.3) is 0 Å². The highest BCUT2D eigenvalue weighted by molar-refractivity contribution is 9.10. The highest BCUT2D eigenvalue weighted by Gasteiger charge is 2.16. The first kappa shape index (κ1) is 17.7. The highest BCUT2D eigenvalue weighted by Crippen LogP contribution is 2.28. The predicted molar refractivity (Wildman–Crippen MR) is 103 cm³/mol. The quantitative estimate of drug-likeness (QED) is 0.809. The van der Waals surface area contributed by atoms with E-state index in [-0.39, 0.29) is 11.8 Å². The third-order valence-electron chi connectivity index (χ3n) is 4.47. The summed E-state index contributed by atoms with van der Waals surface area (Å²) < 4.78 is 1.02. The highest BCUT2D eigenvalue weighted by atomic mass is 79.9. The van der Waals surface area contributed by atoms with Gasteiger partial charge in [0.2, 0.25) is 0 Å². The van der Waals surface area contributed by atoms with E-state index in [0.717, 1.165) is 35.2 Å². The van der Waals surface area contributed by atoms with Gasteiger partial charge in [0.05, 0.1) is 11.6 Å². The maximum Gasteiger partial charge on any atom is 0.255 e. The van der Waals surface area contributed by atoms with Gasteiger partial charge >= 0.3 is 0 Å². The number of nitriles is 1. The van der Waals surface area contributed by atoms with E-state index >= 15 is 0 Å². The standard InChI is InChI=1S/C20H20BrN3O/c1-12(2)17-4-3-13(7-14(17)10-22)20(25)24-16-8-15-11-23-6-5-18(15)19(21)9-16/h3-4,7-9,12,23H,5-6,11H2,1-2H3,(H,24,25). The van der Waals surface area contributed by atoms with Gasteiger partial charge in [-0.15, -0.1) is 0 Å². The third-order valence-corrected chi connectivity index (χ3v) is 5.18. The Morgan fingerprint density at radius 3 is 2.84 bits per heavy atom. The number of fused-ring (bicyclic) bond motifs is 1. The summed E-state index contributed by atoms with van der Waals surface area (Å²) in [5.74, 6) is 0.0401. The molecule has 3 rings (SSSR count). The van der Waals surface area contributed by atoms with Crippen LogP contribution in [-0.4, -0.2) is 12.5 Å². The Labute approximate surface area is 156 Å². The van der Waals surface area contributed by atoms with Gasteiger partial charge in [0.1, 0.15) is 0 Å². The lowest BCUT2D eigenvalue weighted by molar-refractivity contribution is 0.102. The number of rotatable bonds is 3. The van der Waals surface area contributed by atoms with E-state index in [0.29, 0.717) is 11.1 Å². The summed E-state index contributed by atoms with van der Waals surface area (Å²) in [4.78, 5) is 12.6. The average Bonchev–Trinajstić information content (AvgIpc) is 2.61. The molecule has 2 aromatic rings. The van der Waals surface area contributed by atoms with Crippen LogP contribution in [0.1, 0.15) is 52.4 Å². The number of carbonyl (C=O) groups is 1. The van der Waals surface area contributed by atoms with Crippen molar-refractivity contribution in [2.24, 2.45) is 0 Å². The number of hydrogen-bond donors (Lipinski definition) is 2. The van der Waals surface area contributed by atoms with E-state index in [1.807, 2.05) is 32.0 Å². The molecule has 0 aromatic heterocycles. The monoisotopic (exact) mass is 397 g/mol. The molecule has 0 saturated carbocycles. The largest absolute Gasteiger partial charge is 0.322 e. The van der Waals surface area contributed by atoms with Crippen LogP contribution in [0.15, 0.2) is 34.8 Å². The van der Waals surface area contributed by atoms with Crippen molar-refractivity contribution in [2.75, 3.05) is 11.9 Å². The fraction of sp³-hybridized carbons (Fsp3) is 0.300. The number of hydrogen-bond acceptors (Lipinski definition) is 3.